The van der Waals surface area contributed by atoms with Crippen LogP contribution in [-0.2, 0) is 25.8 Å². The summed E-state index contributed by atoms with van der Waals surface area (Å²) in [4.78, 5) is 33.2. The predicted octanol–water partition coefficient (Wildman–Crippen LogP) is 4.99. The van der Waals surface area contributed by atoms with Gasteiger partial charge in [0.1, 0.15) is 6.73 Å². The molecule has 1 unspecified atom stereocenters. The number of amides is 2. The minimum Gasteiger partial charge on any atom is -0.379 e. The number of pyridine rings is 1. The third-order valence-electron chi connectivity index (χ3n) is 8.48. The van der Waals surface area contributed by atoms with Crippen LogP contribution in [-0.4, -0.2) is 75.7 Å². The van der Waals surface area contributed by atoms with Crippen molar-refractivity contribution >= 4 is 47.4 Å². The number of carbonyl (C=O) groups excluding carboxylic acids is 2. The van der Waals surface area contributed by atoms with E-state index in [0.29, 0.717) is 31.0 Å². The van der Waals surface area contributed by atoms with Gasteiger partial charge in [-0.15, -0.1) is 0 Å². The molecule has 0 spiro atoms. The molecule has 2 saturated heterocycles. The molecule has 0 radical (unpaired) electrons. The molecule has 5 heterocycles. The molecule has 2 fully saturated rings. The van der Waals surface area contributed by atoms with E-state index in [9.17, 15) is 9.59 Å². The highest BCUT2D eigenvalue weighted by Crippen LogP contribution is 2.35. The second-order valence-electron chi connectivity index (χ2n) is 13.2. The number of nitrogens with zero attached hydrogens (tertiary/aromatic N) is 6. The van der Waals surface area contributed by atoms with Crippen LogP contribution >= 0.6 is 0 Å². The maximum absolute atomic E-state index is 13.8. The summed E-state index contributed by atoms with van der Waals surface area (Å²) in [6.45, 7) is 11.9. The summed E-state index contributed by atoms with van der Waals surface area (Å²) >= 11 is 0. The van der Waals surface area contributed by atoms with E-state index in [1.165, 1.54) is 0 Å². The molecule has 2 aliphatic rings. The SMILES string of the molecule is C[C@H]1CC[C@H](c2ccc3cn(C4CCOC4)nc3c2)N(C(=O)C(=O)Nc2cncc3cnn(COCC[Si](C)(C)C)c23)C1. The van der Waals surface area contributed by atoms with Gasteiger partial charge < -0.3 is 19.7 Å². The van der Waals surface area contributed by atoms with Crippen LogP contribution in [0.2, 0.25) is 25.7 Å². The van der Waals surface area contributed by atoms with Crippen molar-refractivity contribution in [2.75, 3.05) is 31.7 Å². The monoisotopic (exact) mass is 603 g/mol. The molecular weight excluding hydrogens is 562 g/mol. The van der Waals surface area contributed by atoms with Crippen molar-refractivity contribution in [3.05, 3.63) is 48.5 Å². The maximum Gasteiger partial charge on any atom is 0.314 e. The lowest BCUT2D eigenvalue weighted by Gasteiger charge is -2.38. The summed E-state index contributed by atoms with van der Waals surface area (Å²) < 4.78 is 15.2. The van der Waals surface area contributed by atoms with Gasteiger partial charge in [-0.25, -0.2) is 4.68 Å². The molecule has 12 heteroatoms. The van der Waals surface area contributed by atoms with Gasteiger partial charge in [0.2, 0.25) is 0 Å². The minimum atomic E-state index is -1.22. The van der Waals surface area contributed by atoms with Crippen LogP contribution in [0.3, 0.4) is 0 Å². The molecule has 3 atom stereocenters. The van der Waals surface area contributed by atoms with E-state index in [2.05, 4.69) is 66.4 Å². The first-order valence-corrected chi connectivity index (χ1v) is 18.9. The molecule has 4 aromatic rings. The van der Waals surface area contributed by atoms with Crippen molar-refractivity contribution < 1.29 is 19.1 Å². The predicted molar refractivity (Wildman–Crippen MR) is 167 cm³/mol. The van der Waals surface area contributed by atoms with Gasteiger partial charge in [0.15, 0.2) is 0 Å². The number of hydrogen-bond acceptors (Lipinski definition) is 7. The van der Waals surface area contributed by atoms with Crippen LogP contribution in [0.25, 0.3) is 21.8 Å². The molecule has 1 aromatic carbocycles. The fraction of sp³-hybridized carbons (Fsp3) is 0.516. The van der Waals surface area contributed by atoms with Gasteiger partial charge >= 0.3 is 11.8 Å². The number of aromatic nitrogens is 5. The third kappa shape index (κ3) is 6.51. The first-order valence-electron chi connectivity index (χ1n) is 15.2. The Morgan fingerprint density at radius 2 is 1.98 bits per heavy atom. The second-order valence-corrected chi connectivity index (χ2v) is 18.8. The molecular formula is C31H41N7O4Si. The second kappa shape index (κ2) is 12.2. The minimum absolute atomic E-state index is 0.210. The quantitative estimate of drug-likeness (QED) is 0.171. The maximum atomic E-state index is 13.8. The van der Waals surface area contributed by atoms with Crippen LogP contribution in [0.5, 0.6) is 0 Å². The number of piperidine rings is 1. The zero-order valence-electron chi connectivity index (χ0n) is 25.5. The highest BCUT2D eigenvalue weighted by molar-refractivity contribution is 6.76. The Morgan fingerprint density at radius 1 is 1.12 bits per heavy atom. The van der Waals surface area contributed by atoms with E-state index in [0.717, 1.165) is 53.8 Å². The zero-order valence-corrected chi connectivity index (χ0v) is 26.5. The van der Waals surface area contributed by atoms with E-state index in [1.807, 2.05) is 4.68 Å². The summed E-state index contributed by atoms with van der Waals surface area (Å²) in [5.41, 5.74) is 3.00. The number of ether oxygens (including phenoxy) is 2. The number of rotatable bonds is 8. The lowest BCUT2D eigenvalue weighted by molar-refractivity contribution is -0.146. The molecule has 2 aliphatic heterocycles. The summed E-state index contributed by atoms with van der Waals surface area (Å²) in [7, 11) is -1.22. The largest absolute Gasteiger partial charge is 0.379 e. The Labute approximate surface area is 252 Å². The average molecular weight is 604 g/mol. The summed E-state index contributed by atoms with van der Waals surface area (Å²) in [5, 5.41) is 13.9. The number of hydrogen-bond donors (Lipinski definition) is 1. The van der Waals surface area contributed by atoms with Gasteiger partial charge in [-0.05, 0) is 42.9 Å². The van der Waals surface area contributed by atoms with Crippen LogP contribution < -0.4 is 5.32 Å². The smallest absolute Gasteiger partial charge is 0.314 e. The molecule has 0 aliphatic carbocycles. The summed E-state index contributed by atoms with van der Waals surface area (Å²) in [5.74, 6) is -0.953. The fourth-order valence-corrected chi connectivity index (χ4v) is 6.72. The molecule has 6 rings (SSSR count). The average Bonchev–Trinajstić information content (AvgIpc) is 3.74. The van der Waals surface area contributed by atoms with Crippen molar-refractivity contribution in [3.63, 3.8) is 0 Å². The Hall–Kier alpha value is -3.61. The van der Waals surface area contributed by atoms with E-state index in [4.69, 9.17) is 14.6 Å². The number of fused-ring (bicyclic) bond motifs is 2. The van der Waals surface area contributed by atoms with Crippen LogP contribution in [0.1, 0.15) is 43.8 Å². The molecule has 2 amide bonds. The van der Waals surface area contributed by atoms with Gasteiger partial charge in [-0.1, -0.05) is 38.7 Å². The highest BCUT2D eigenvalue weighted by atomic mass is 28.3. The van der Waals surface area contributed by atoms with Crippen molar-refractivity contribution in [1.82, 2.24) is 29.4 Å². The zero-order chi connectivity index (χ0) is 30.1. The first kappa shape index (κ1) is 29.5. The number of benzene rings is 1. The van der Waals surface area contributed by atoms with E-state index < -0.39 is 19.9 Å². The Bertz CT molecular complexity index is 1620. The van der Waals surface area contributed by atoms with Gasteiger partial charge in [-0.2, -0.15) is 10.2 Å². The van der Waals surface area contributed by atoms with Crippen LogP contribution in [0.4, 0.5) is 5.69 Å². The van der Waals surface area contributed by atoms with Gasteiger partial charge in [0, 0.05) is 51.0 Å². The molecule has 3 aromatic heterocycles. The molecule has 43 heavy (non-hydrogen) atoms. The lowest BCUT2D eigenvalue weighted by Crippen LogP contribution is -2.46. The van der Waals surface area contributed by atoms with Crippen molar-refractivity contribution in [2.45, 2.75) is 70.7 Å². The first-order chi connectivity index (χ1) is 20.7. The van der Waals surface area contributed by atoms with Crippen LogP contribution in [0.15, 0.2) is 43.0 Å². The number of carbonyl (C=O) groups is 2. The fourth-order valence-electron chi connectivity index (χ4n) is 5.97. The summed E-state index contributed by atoms with van der Waals surface area (Å²) in [6.07, 6.45) is 9.72. The highest BCUT2D eigenvalue weighted by Gasteiger charge is 2.35. The van der Waals surface area contributed by atoms with Crippen molar-refractivity contribution in [3.8, 4) is 0 Å². The standard InChI is InChI=1S/C31H41N7O4Si/c1-21-5-8-28(22-6-7-23-18-37(35-26(23)13-22)25-9-10-41-19-25)36(17-21)31(40)30(39)34-27-16-32-14-24-15-33-38(29(24)27)20-42-11-12-43(2,3)4/h6-7,13-16,18,21,25,28H,5,8-12,17,19-20H2,1-4H3,(H,34,39)/t21-,25?,28+/m0/s1. The lowest BCUT2D eigenvalue weighted by atomic mass is 9.89. The Morgan fingerprint density at radius 3 is 2.77 bits per heavy atom. The number of anilines is 1. The molecule has 0 bridgehead atoms. The van der Waals surface area contributed by atoms with Gasteiger partial charge in [-0.3, -0.25) is 19.3 Å². The van der Waals surface area contributed by atoms with E-state index in [-0.39, 0.29) is 24.7 Å². The topological polar surface area (TPSA) is 116 Å². The van der Waals surface area contributed by atoms with Crippen LogP contribution in [0, 0.1) is 5.92 Å². The van der Waals surface area contributed by atoms with Gasteiger partial charge in [0.25, 0.3) is 0 Å². The van der Waals surface area contributed by atoms with Crippen molar-refractivity contribution in [2.24, 2.45) is 5.92 Å². The molecule has 11 nitrogen and oxygen atoms in total. The van der Waals surface area contributed by atoms with E-state index in [1.54, 1.807) is 28.2 Å². The Balaban J connectivity index is 1.20. The molecule has 0 saturated carbocycles. The van der Waals surface area contributed by atoms with Crippen molar-refractivity contribution in [1.29, 1.82) is 0 Å². The summed E-state index contributed by atoms with van der Waals surface area (Å²) in [6, 6.07) is 7.27. The normalized spacial score (nSPS) is 21.1. The molecule has 228 valence electrons. The molecule has 1 N–H and O–H groups in total. The Kier molecular flexibility index (Phi) is 8.34. The van der Waals surface area contributed by atoms with E-state index >= 15 is 0 Å². The third-order valence-corrected chi connectivity index (χ3v) is 10.2. The number of nitrogens with one attached hydrogen (secondary N) is 1. The number of likely N-dealkylation sites (tertiary alicyclic amines) is 1. The van der Waals surface area contributed by atoms with Gasteiger partial charge in [0.05, 0.1) is 47.8 Å².